The van der Waals surface area contributed by atoms with Gasteiger partial charge in [0.25, 0.3) is 0 Å². The number of carbonyl (C=O) groups is 2. The Labute approximate surface area is 108 Å². The molecule has 0 fully saturated rings. The number of nitrogens with two attached hydrogens (primary N) is 1. The predicted octanol–water partition coefficient (Wildman–Crippen LogP) is 2.33. The molecular formula is C14H11NO4. The minimum absolute atomic E-state index is 0.236. The fraction of sp³-hybridized carbons (Fsp3) is 0. The number of anilines is 1. The summed E-state index contributed by atoms with van der Waals surface area (Å²) in [4.78, 5) is 22.0. The van der Waals surface area contributed by atoms with Crippen LogP contribution in [0.2, 0.25) is 0 Å². The zero-order valence-electron chi connectivity index (χ0n) is 9.83. The largest absolute Gasteiger partial charge is 0.478 e. The first-order valence-electron chi connectivity index (χ1n) is 5.45. The molecule has 0 amide bonds. The predicted molar refractivity (Wildman–Crippen MR) is 70.2 cm³/mol. The van der Waals surface area contributed by atoms with E-state index in [1.54, 1.807) is 30.3 Å². The van der Waals surface area contributed by atoms with Gasteiger partial charge in [-0.25, -0.2) is 9.59 Å². The van der Waals surface area contributed by atoms with E-state index in [0.717, 1.165) is 5.56 Å². The van der Waals surface area contributed by atoms with Crippen molar-refractivity contribution in [3.8, 4) is 11.1 Å². The number of aromatic carboxylic acids is 2. The monoisotopic (exact) mass is 257 g/mol. The number of hydrogen-bond donors (Lipinski definition) is 3. The van der Waals surface area contributed by atoms with Crippen LogP contribution < -0.4 is 5.73 Å². The van der Waals surface area contributed by atoms with Crippen molar-refractivity contribution in [3.05, 3.63) is 53.6 Å². The summed E-state index contributed by atoms with van der Waals surface area (Å²) >= 11 is 0. The lowest BCUT2D eigenvalue weighted by Gasteiger charge is -2.07. The van der Waals surface area contributed by atoms with Gasteiger partial charge in [-0.2, -0.15) is 0 Å². The van der Waals surface area contributed by atoms with Gasteiger partial charge in [0, 0.05) is 5.69 Å². The first kappa shape index (κ1) is 12.6. The Morgan fingerprint density at radius 2 is 1.47 bits per heavy atom. The van der Waals surface area contributed by atoms with Crippen LogP contribution in [-0.2, 0) is 0 Å². The van der Waals surface area contributed by atoms with Gasteiger partial charge < -0.3 is 15.9 Å². The highest BCUT2D eigenvalue weighted by atomic mass is 16.4. The third-order valence-corrected chi connectivity index (χ3v) is 2.70. The molecule has 0 atom stereocenters. The smallest absolute Gasteiger partial charge is 0.336 e. The highest BCUT2D eigenvalue weighted by Gasteiger charge is 2.16. The molecule has 0 unspecified atom stereocenters. The fourth-order valence-electron chi connectivity index (χ4n) is 1.81. The summed E-state index contributed by atoms with van der Waals surface area (Å²) in [5.74, 6) is -2.54. The maximum Gasteiger partial charge on any atom is 0.336 e. The molecule has 0 heterocycles. The van der Waals surface area contributed by atoms with E-state index in [9.17, 15) is 9.59 Å². The van der Waals surface area contributed by atoms with Crippen molar-refractivity contribution in [2.45, 2.75) is 0 Å². The van der Waals surface area contributed by atoms with Gasteiger partial charge in [0.1, 0.15) is 0 Å². The molecule has 19 heavy (non-hydrogen) atoms. The zero-order valence-corrected chi connectivity index (χ0v) is 9.83. The topological polar surface area (TPSA) is 101 Å². The van der Waals surface area contributed by atoms with Crippen LogP contribution in [0.4, 0.5) is 5.69 Å². The molecule has 0 bridgehead atoms. The summed E-state index contributed by atoms with van der Waals surface area (Å²) in [6, 6.07) is 11.1. The Hall–Kier alpha value is -2.82. The van der Waals surface area contributed by atoms with Crippen LogP contribution in [0, 0.1) is 0 Å². The Kier molecular flexibility index (Phi) is 3.20. The standard InChI is InChI=1S/C14H11NO4/c15-10-3-1-2-8(6-10)9-4-5-11(13(16)17)12(7-9)14(18)19/h1-7H,15H2,(H,16,17)(H,18,19). The fourth-order valence-corrected chi connectivity index (χ4v) is 1.81. The lowest BCUT2D eigenvalue weighted by atomic mass is 9.99. The van der Waals surface area contributed by atoms with Crippen molar-refractivity contribution in [1.29, 1.82) is 0 Å². The number of rotatable bonds is 3. The highest BCUT2D eigenvalue weighted by Crippen LogP contribution is 2.24. The van der Waals surface area contributed by atoms with Crippen molar-refractivity contribution >= 4 is 17.6 Å². The number of nitrogen functional groups attached to an aromatic ring is 1. The summed E-state index contributed by atoms with van der Waals surface area (Å²) < 4.78 is 0. The lowest BCUT2D eigenvalue weighted by molar-refractivity contribution is 0.0651. The van der Waals surface area contributed by atoms with Crippen LogP contribution >= 0.6 is 0 Å². The van der Waals surface area contributed by atoms with Gasteiger partial charge in [0.2, 0.25) is 0 Å². The maximum absolute atomic E-state index is 11.1. The van der Waals surface area contributed by atoms with Gasteiger partial charge in [-0.05, 0) is 35.4 Å². The Morgan fingerprint density at radius 1 is 0.842 bits per heavy atom. The van der Waals surface area contributed by atoms with Crippen molar-refractivity contribution in [3.63, 3.8) is 0 Å². The molecule has 5 nitrogen and oxygen atoms in total. The van der Waals surface area contributed by atoms with Crippen molar-refractivity contribution in [2.24, 2.45) is 0 Å². The summed E-state index contributed by atoms with van der Waals surface area (Å²) in [7, 11) is 0. The second-order valence-electron chi connectivity index (χ2n) is 4.00. The van der Waals surface area contributed by atoms with Crippen LogP contribution in [0.1, 0.15) is 20.7 Å². The molecule has 0 radical (unpaired) electrons. The van der Waals surface area contributed by atoms with Gasteiger partial charge >= 0.3 is 11.9 Å². The third-order valence-electron chi connectivity index (χ3n) is 2.70. The van der Waals surface area contributed by atoms with E-state index in [4.69, 9.17) is 15.9 Å². The molecule has 0 spiro atoms. The Balaban J connectivity index is 2.58. The minimum atomic E-state index is -1.27. The zero-order chi connectivity index (χ0) is 14.0. The van der Waals surface area contributed by atoms with Gasteiger partial charge in [-0.15, -0.1) is 0 Å². The molecule has 2 aromatic rings. The molecule has 0 saturated heterocycles. The van der Waals surface area contributed by atoms with Crippen LogP contribution in [0.3, 0.4) is 0 Å². The van der Waals surface area contributed by atoms with Gasteiger partial charge in [-0.1, -0.05) is 18.2 Å². The molecule has 0 saturated carbocycles. The molecule has 4 N–H and O–H groups in total. The second-order valence-corrected chi connectivity index (χ2v) is 4.00. The summed E-state index contributed by atoms with van der Waals surface area (Å²) in [6.45, 7) is 0. The number of hydrogen-bond acceptors (Lipinski definition) is 3. The molecule has 0 aliphatic heterocycles. The van der Waals surface area contributed by atoms with E-state index in [1.807, 2.05) is 0 Å². The summed E-state index contributed by atoms with van der Waals surface area (Å²) in [6.07, 6.45) is 0. The van der Waals surface area contributed by atoms with Crippen LogP contribution in [0.5, 0.6) is 0 Å². The molecular weight excluding hydrogens is 246 g/mol. The van der Waals surface area contributed by atoms with Crippen molar-refractivity contribution < 1.29 is 19.8 Å². The van der Waals surface area contributed by atoms with E-state index in [0.29, 0.717) is 11.3 Å². The van der Waals surface area contributed by atoms with Crippen molar-refractivity contribution in [2.75, 3.05) is 5.73 Å². The number of carboxylic acid groups (broad SMARTS) is 2. The van der Waals surface area contributed by atoms with Crippen LogP contribution in [-0.4, -0.2) is 22.2 Å². The quantitative estimate of drug-likeness (QED) is 0.732. The lowest BCUT2D eigenvalue weighted by Crippen LogP contribution is -2.08. The average Bonchev–Trinajstić information content (AvgIpc) is 2.37. The second kappa shape index (κ2) is 4.81. The molecule has 0 aromatic heterocycles. The van der Waals surface area contributed by atoms with Gasteiger partial charge in [0.15, 0.2) is 0 Å². The normalized spacial score (nSPS) is 10.1. The van der Waals surface area contributed by atoms with Gasteiger partial charge in [0.05, 0.1) is 11.1 Å². The molecule has 2 rings (SSSR count). The maximum atomic E-state index is 11.1. The molecule has 0 aliphatic rings. The van der Waals surface area contributed by atoms with E-state index in [2.05, 4.69) is 0 Å². The summed E-state index contributed by atoms with van der Waals surface area (Å²) in [5.41, 5.74) is 7.08. The number of benzene rings is 2. The van der Waals surface area contributed by atoms with Crippen molar-refractivity contribution in [1.82, 2.24) is 0 Å². The average molecular weight is 257 g/mol. The van der Waals surface area contributed by atoms with Crippen LogP contribution in [0.15, 0.2) is 42.5 Å². The van der Waals surface area contributed by atoms with Crippen LogP contribution in [0.25, 0.3) is 11.1 Å². The first-order chi connectivity index (χ1) is 8.99. The minimum Gasteiger partial charge on any atom is -0.478 e. The number of carboxylic acids is 2. The molecule has 0 aliphatic carbocycles. The Morgan fingerprint density at radius 3 is 2.05 bits per heavy atom. The van der Waals surface area contributed by atoms with E-state index in [-0.39, 0.29) is 11.1 Å². The van der Waals surface area contributed by atoms with E-state index >= 15 is 0 Å². The highest BCUT2D eigenvalue weighted by molar-refractivity contribution is 6.02. The first-order valence-corrected chi connectivity index (χ1v) is 5.45. The Bertz CT molecular complexity index is 664. The van der Waals surface area contributed by atoms with E-state index < -0.39 is 11.9 Å². The third kappa shape index (κ3) is 2.55. The molecule has 5 heteroatoms. The molecule has 96 valence electrons. The SMILES string of the molecule is Nc1cccc(-c2ccc(C(=O)O)c(C(=O)O)c2)c1. The van der Waals surface area contributed by atoms with Gasteiger partial charge in [-0.3, -0.25) is 0 Å². The summed E-state index contributed by atoms with van der Waals surface area (Å²) in [5, 5.41) is 18.0. The molecule has 2 aromatic carbocycles. The van der Waals surface area contributed by atoms with E-state index in [1.165, 1.54) is 12.1 Å².